The fourth-order valence-electron chi connectivity index (χ4n) is 1.13. The van der Waals surface area contributed by atoms with Crippen LogP contribution in [0.4, 0.5) is 0 Å². The number of carbonyl (C=O) groups is 1. The van der Waals surface area contributed by atoms with Gasteiger partial charge < -0.3 is 5.11 Å². The first-order valence-electron chi connectivity index (χ1n) is 4.44. The second-order valence-corrected chi connectivity index (χ2v) is 3.96. The molecule has 14 heavy (non-hydrogen) atoms. The third-order valence-corrected chi connectivity index (χ3v) is 2.04. The Morgan fingerprint density at radius 3 is 2.71 bits per heavy atom. The smallest absolute Gasteiger partial charge is 0.309 e. The summed E-state index contributed by atoms with van der Waals surface area (Å²) >= 11 is 0. The van der Waals surface area contributed by atoms with Gasteiger partial charge in [-0.3, -0.25) is 4.79 Å². The molecule has 0 aliphatic rings. The van der Waals surface area contributed by atoms with Gasteiger partial charge >= 0.3 is 5.97 Å². The first-order valence-corrected chi connectivity index (χ1v) is 4.44. The maximum atomic E-state index is 10.9. The van der Waals surface area contributed by atoms with Crippen LogP contribution in [0.1, 0.15) is 25.4 Å². The fourth-order valence-corrected chi connectivity index (χ4v) is 1.13. The number of carboxylic acid groups (broad SMARTS) is 1. The molecule has 76 valence electrons. The number of nitrogens with zero attached hydrogens (tertiary/aromatic N) is 2. The molecule has 0 aliphatic carbocycles. The van der Waals surface area contributed by atoms with Crippen molar-refractivity contribution in [3.8, 4) is 0 Å². The van der Waals surface area contributed by atoms with Crippen LogP contribution >= 0.6 is 0 Å². The van der Waals surface area contributed by atoms with Crippen molar-refractivity contribution in [2.45, 2.75) is 27.2 Å². The van der Waals surface area contributed by atoms with Crippen LogP contribution in [0.15, 0.2) is 12.3 Å². The van der Waals surface area contributed by atoms with E-state index in [0.717, 1.165) is 5.69 Å². The molecule has 0 bridgehead atoms. The minimum atomic E-state index is -0.811. The molecule has 0 saturated carbocycles. The molecule has 0 aliphatic heterocycles. The van der Waals surface area contributed by atoms with Crippen LogP contribution in [0.25, 0.3) is 0 Å². The Labute approximate surface area is 83.0 Å². The molecule has 0 aromatic carbocycles. The van der Waals surface area contributed by atoms with Crippen LogP contribution in [-0.2, 0) is 11.2 Å². The second kappa shape index (κ2) is 3.74. The molecule has 0 spiro atoms. The Morgan fingerprint density at radius 2 is 2.21 bits per heavy atom. The maximum absolute atomic E-state index is 10.9. The Kier molecular flexibility index (Phi) is 2.84. The van der Waals surface area contributed by atoms with Crippen LogP contribution in [0.3, 0.4) is 0 Å². The van der Waals surface area contributed by atoms with E-state index in [1.807, 2.05) is 0 Å². The van der Waals surface area contributed by atoms with Crippen molar-refractivity contribution in [1.82, 2.24) is 9.97 Å². The minimum absolute atomic E-state index is 0.422. The van der Waals surface area contributed by atoms with E-state index >= 15 is 0 Å². The average Bonchev–Trinajstić information content (AvgIpc) is 2.02. The first-order chi connectivity index (χ1) is 6.42. The third-order valence-electron chi connectivity index (χ3n) is 2.04. The van der Waals surface area contributed by atoms with Gasteiger partial charge in [-0.25, -0.2) is 9.97 Å². The summed E-state index contributed by atoms with van der Waals surface area (Å²) in [5, 5.41) is 8.93. The molecule has 1 aromatic rings. The zero-order chi connectivity index (χ0) is 10.8. The average molecular weight is 194 g/mol. The zero-order valence-corrected chi connectivity index (χ0v) is 8.61. The number of aromatic nitrogens is 2. The summed E-state index contributed by atoms with van der Waals surface area (Å²) in [5.74, 6) is -0.141. The topological polar surface area (TPSA) is 63.1 Å². The zero-order valence-electron chi connectivity index (χ0n) is 8.61. The maximum Gasteiger partial charge on any atom is 0.309 e. The molecule has 0 fully saturated rings. The summed E-state index contributed by atoms with van der Waals surface area (Å²) in [4.78, 5) is 19.0. The highest BCUT2D eigenvalue weighted by Crippen LogP contribution is 2.20. The van der Waals surface area contributed by atoms with Crippen LogP contribution in [-0.4, -0.2) is 21.0 Å². The molecule has 1 heterocycles. The van der Waals surface area contributed by atoms with Crippen molar-refractivity contribution in [3.63, 3.8) is 0 Å². The van der Waals surface area contributed by atoms with Gasteiger partial charge in [0.05, 0.1) is 5.41 Å². The van der Waals surface area contributed by atoms with E-state index in [-0.39, 0.29) is 0 Å². The number of aryl methyl sites for hydroxylation is 1. The Bertz CT molecular complexity index is 348. The molecule has 1 aromatic heterocycles. The lowest BCUT2D eigenvalue weighted by Crippen LogP contribution is -2.26. The number of rotatable bonds is 3. The highest BCUT2D eigenvalue weighted by Gasteiger charge is 2.27. The van der Waals surface area contributed by atoms with Gasteiger partial charge in [-0.2, -0.15) is 0 Å². The molecular formula is C10H14N2O2. The molecule has 4 nitrogen and oxygen atoms in total. The highest BCUT2D eigenvalue weighted by atomic mass is 16.4. The van der Waals surface area contributed by atoms with Crippen LogP contribution in [0.2, 0.25) is 0 Å². The van der Waals surface area contributed by atoms with Crippen LogP contribution < -0.4 is 0 Å². The largest absolute Gasteiger partial charge is 0.481 e. The summed E-state index contributed by atoms with van der Waals surface area (Å²) in [5.41, 5.74) is -0.00856. The van der Waals surface area contributed by atoms with E-state index in [9.17, 15) is 4.79 Å². The second-order valence-electron chi connectivity index (χ2n) is 3.96. The van der Waals surface area contributed by atoms with Crippen molar-refractivity contribution in [2.24, 2.45) is 5.41 Å². The van der Waals surface area contributed by atoms with E-state index in [1.54, 1.807) is 33.0 Å². The summed E-state index contributed by atoms with van der Waals surface area (Å²) in [7, 11) is 0. The molecule has 0 radical (unpaired) electrons. The lowest BCUT2D eigenvalue weighted by atomic mass is 9.88. The van der Waals surface area contributed by atoms with Crippen molar-refractivity contribution in [3.05, 3.63) is 23.8 Å². The predicted molar refractivity (Wildman–Crippen MR) is 51.9 cm³/mol. The van der Waals surface area contributed by atoms with Crippen LogP contribution in [0, 0.1) is 12.3 Å². The van der Waals surface area contributed by atoms with E-state index in [4.69, 9.17) is 5.11 Å². The molecule has 0 saturated heterocycles. The predicted octanol–water partition coefficient (Wildman–Crippen LogP) is 1.44. The number of hydrogen-bond donors (Lipinski definition) is 1. The van der Waals surface area contributed by atoms with E-state index in [1.165, 1.54) is 0 Å². The third kappa shape index (κ3) is 2.52. The van der Waals surface area contributed by atoms with Gasteiger partial charge in [0.25, 0.3) is 0 Å². The molecule has 1 N–H and O–H groups in total. The molecular weight excluding hydrogens is 180 g/mol. The van der Waals surface area contributed by atoms with Gasteiger partial charge in [0, 0.05) is 18.3 Å². The Balaban J connectivity index is 2.83. The van der Waals surface area contributed by atoms with E-state index < -0.39 is 11.4 Å². The minimum Gasteiger partial charge on any atom is -0.481 e. The van der Waals surface area contributed by atoms with E-state index in [0.29, 0.717) is 12.2 Å². The normalized spacial score (nSPS) is 11.4. The lowest BCUT2D eigenvalue weighted by Gasteiger charge is -2.18. The molecule has 0 atom stereocenters. The quantitative estimate of drug-likeness (QED) is 0.790. The summed E-state index contributed by atoms with van der Waals surface area (Å²) in [6, 6.07) is 1.75. The Morgan fingerprint density at radius 1 is 1.57 bits per heavy atom. The van der Waals surface area contributed by atoms with Crippen molar-refractivity contribution in [2.75, 3.05) is 0 Å². The van der Waals surface area contributed by atoms with Gasteiger partial charge in [0.1, 0.15) is 5.82 Å². The number of hydrogen-bond acceptors (Lipinski definition) is 3. The van der Waals surface area contributed by atoms with Gasteiger partial charge in [-0.15, -0.1) is 0 Å². The first kappa shape index (κ1) is 10.6. The molecule has 1 rings (SSSR count). The fraction of sp³-hybridized carbons (Fsp3) is 0.500. The summed E-state index contributed by atoms with van der Waals surface area (Å²) in [6.07, 6.45) is 2.07. The lowest BCUT2D eigenvalue weighted by molar-refractivity contribution is -0.146. The van der Waals surface area contributed by atoms with Gasteiger partial charge in [-0.05, 0) is 26.8 Å². The van der Waals surface area contributed by atoms with Gasteiger partial charge in [0.2, 0.25) is 0 Å². The standard InChI is InChI=1S/C10H14N2O2/c1-7-11-5-4-8(12-7)6-10(2,3)9(13)14/h4-5H,6H2,1-3H3,(H,13,14). The molecule has 0 unspecified atom stereocenters. The monoisotopic (exact) mass is 194 g/mol. The molecule has 4 heteroatoms. The van der Waals surface area contributed by atoms with Crippen molar-refractivity contribution in [1.29, 1.82) is 0 Å². The Hall–Kier alpha value is -1.45. The van der Waals surface area contributed by atoms with Crippen molar-refractivity contribution < 1.29 is 9.90 Å². The van der Waals surface area contributed by atoms with Crippen molar-refractivity contribution >= 4 is 5.97 Å². The van der Waals surface area contributed by atoms with Gasteiger partial charge in [-0.1, -0.05) is 0 Å². The highest BCUT2D eigenvalue weighted by molar-refractivity contribution is 5.73. The summed E-state index contributed by atoms with van der Waals surface area (Å²) in [6.45, 7) is 5.16. The SMILES string of the molecule is Cc1nccc(CC(C)(C)C(=O)O)n1. The number of carboxylic acids is 1. The van der Waals surface area contributed by atoms with Gasteiger partial charge in [0.15, 0.2) is 0 Å². The summed E-state index contributed by atoms with van der Waals surface area (Å²) < 4.78 is 0. The number of aliphatic carboxylic acids is 1. The molecule has 0 amide bonds. The van der Waals surface area contributed by atoms with Crippen LogP contribution in [0.5, 0.6) is 0 Å². The van der Waals surface area contributed by atoms with E-state index in [2.05, 4.69) is 9.97 Å².